The third-order valence-electron chi connectivity index (χ3n) is 8.90. The van der Waals surface area contributed by atoms with E-state index in [0.29, 0.717) is 17.5 Å². The standard InChI is InChI=1S/C43H27N3/c1-3-10-31(11-4-1)41-44-42(32-12-5-2-6-13-32)46-43(45-41)33-18-15-28(16-19-33)34-23-24-37-35(27-34)20-17-30-22-25-38-36-14-8-7-9-29(36)21-26-39(38)40(30)37/h1-27H. The van der Waals surface area contributed by atoms with Crippen LogP contribution in [0.25, 0.3) is 88.4 Å². The fourth-order valence-corrected chi connectivity index (χ4v) is 6.58. The number of hydrogen-bond acceptors (Lipinski definition) is 3. The summed E-state index contributed by atoms with van der Waals surface area (Å²) < 4.78 is 0. The number of nitrogens with zero attached hydrogens (tertiary/aromatic N) is 3. The smallest absolute Gasteiger partial charge is 0.164 e. The van der Waals surface area contributed by atoms with Gasteiger partial charge in [0.15, 0.2) is 17.5 Å². The van der Waals surface area contributed by atoms with E-state index >= 15 is 0 Å². The molecular weight excluding hydrogens is 558 g/mol. The highest BCUT2D eigenvalue weighted by molar-refractivity contribution is 6.24. The minimum Gasteiger partial charge on any atom is -0.208 e. The Bertz CT molecular complexity index is 2500. The van der Waals surface area contributed by atoms with E-state index in [-0.39, 0.29) is 0 Å². The van der Waals surface area contributed by atoms with Gasteiger partial charge in [-0.1, -0.05) is 158 Å². The second-order valence-corrected chi connectivity index (χ2v) is 11.7. The molecule has 0 spiro atoms. The molecule has 46 heavy (non-hydrogen) atoms. The minimum absolute atomic E-state index is 0.656. The first-order valence-electron chi connectivity index (χ1n) is 15.5. The van der Waals surface area contributed by atoms with Crippen LogP contribution in [-0.4, -0.2) is 15.0 Å². The zero-order valence-electron chi connectivity index (χ0n) is 24.9. The number of hydrogen-bond donors (Lipinski definition) is 0. The Balaban J connectivity index is 1.12. The van der Waals surface area contributed by atoms with Gasteiger partial charge in [0.2, 0.25) is 0 Å². The van der Waals surface area contributed by atoms with Gasteiger partial charge in [-0.05, 0) is 60.3 Å². The molecule has 0 radical (unpaired) electrons. The van der Waals surface area contributed by atoms with Gasteiger partial charge in [-0.2, -0.15) is 0 Å². The summed E-state index contributed by atoms with van der Waals surface area (Å²) >= 11 is 0. The molecule has 0 atom stereocenters. The van der Waals surface area contributed by atoms with Gasteiger partial charge >= 0.3 is 0 Å². The van der Waals surface area contributed by atoms with E-state index in [9.17, 15) is 0 Å². The summed E-state index contributed by atoms with van der Waals surface area (Å²) in [5.41, 5.74) is 5.20. The van der Waals surface area contributed by atoms with Gasteiger partial charge in [0, 0.05) is 16.7 Å². The quantitative estimate of drug-likeness (QED) is 0.193. The fraction of sp³-hybridized carbons (Fsp3) is 0. The van der Waals surface area contributed by atoms with E-state index < -0.39 is 0 Å². The summed E-state index contributed by atoms with van der Waals surface area (Å²) in [5.74, 6) is 1.98. The van der Waals surface area contributed by atoms with Crippen LogP contribution in [-0.2, 0) is 0 Å². The van der Waals surface area contributed by atoms with Crippen molar-refractivity contribution in [2.45, 2.75) is 0 Å². The highest BCUT2D eigenvalue weighted by Crippen LogP contribution is 2.37. The predicted molar refractivity (Wildman–Crippen MR) is 192 cm³/mol. The summed E-state index contributed by atoms with van der Waals surface area (Å²) in [7, 11) is 0. The average Bonchev–Trinajstić information content (AvgIpc) is 3.14. The molecule has 1 aromatic heterocycles. The van der Waals surface area contributed by atoms with Gasteiger partial charge < -0.3 is 0 Å². The molecule has 3 heteroatoms. The molecule has 0 bridgehead atoms. The first-order valence-corrected chi connectivity index (χ1v) is 15.5. The number of fused-ring (bicyclic) bond motifs is 7. The molecule has 214 valence electrons. The van der Waals surface area contributed by atoms with Gasteiger partial charge in [0.05, 0.1) is 0 Å². The van der Waals surface area contributed by atoms with Crippen LogP contribution in [0.1, 0.15) is 0 Å². The van der Waals surface area contributed by atoms with Crippen molar-refractivity contribution < 1.29 is 0 Å². The maximum absolute atomic E-state index is 4.89. The summed E-state index contributed by atoms with van der Waals surface area (Å²) in [6.45, 7) is 0. The maximum Gasteiger partial charge on any atom is 0.164 e. The van der Waals surface area contributed by atoms with Gasteiger partial charge in [-0.25, -0.2) is 15.0 Å². The van der Waals surface area contributed by atoms with Gasteiger partial charge in [0.1, 0.15) is 0 Å². The number of rotatable bonds is 4. The first kappa shape index (κ1) is 26.2. The lowest BCUT2D eigenvalue weighted by Gasteiger charge is -2.12. The number of aromatic nitrogens is 3. The molecule has 1 heterocycles. The van der Waals surface area contributed by atoms with Crippen LogP contribution in [0.3, 0.4) is 0 Å². The van der Waals surface area contributed by atoms with Crippen molar-refractivity contribution in [2.75, 3.05) is 0 Å². The molecular formula is C43H27N3. The summed E-state index contributed by atoms with van der Waals surface area (Å²) in [6.07, 6.45) is 0. The van der Waals surface area contributed by atoms with Crippen molar-refractivity contribution >= 4 is 43.1 Å². The molecule has 9 aromatic rings. The third kappa shape index (κ3) is 4.49. The van der Waals surface area contributed by atoms with Crippen molar-refractivity contribution in [2.24, 2.45) is 0 Å². The molecule has 0 N–H and O–H groups in total. The summed E-state index contributed by atoms with van der Waals surface area (Å²) in [6, 6.07) is 57.7. The molecule has 0 amide bonds. The second kappa shape index (κ2) is 10.8. The average molecular weight is 586 g/mol. The van der Waals surface area contributed by atoms with E-state index in [1.807, 2.05) is 60.7 Å². The Morgan fingerprint density at radius 1 is 0.261 bits per heavy atom. The first-order chi connectivity index (χ1) is 22.8. The van der Waals surface area contributed by atoms with Crippen molar-refractivity contribution in [3.05, 3.63) is 164 Å². The van der Waals surface area contributed by atoms with E-state index in [4.69, 9.17) is 15.0 Å². The third-order valence-corrected chi connectivity index (χ3v) is 8.90. The zero-order chi connectivity index (χ0) is 30.5. The Labute approximate surface area is 266 Å². The lowest BCUT2D eigenvalue weighted by Crippen LogP contribution is -2.00. The lowest BCUT2D eigenvalue weighted by molar-refractivity contribution is 1.07. The van der Waals surface area contributed by atoms with Crippen molar-refractivity contribution in [1.29, 1.82) is 0 Å². The SMILES string of the molecule is c1ccc(-c2nc(-c3ccccc3)nc(-c3ccc(-c4ccc5c(ccc6ccc7c8ccccc8ccc7c65)c4)cc3)n2)cc1. The molecule has 0 aliphatic heterocycles. The Morgan fingerprint density at radius 2 is 0.739 bits per heavy atom. The summed E-state index contributed by atoms with van der Waals surface area (Å²) in [4.78, 5) is 14.6. The Hall–Kier alpha value is -6.19. The zero-order valence-corrected chi connectivity index (χ0v) is 24.9. The van der Waals surface area contributed by atoms with Gasteiger partial charge in [0.25, 0.3) is 0 Å². The van der Waals surface area contributed by atoms with Crippen LogP contribution in [0.5, 0.6) is 0 Å². The fourth-order valence-electron chi connectivity index (χ4n) is 6.58. The highest BCUT2D eigenvalue weighted by atomic mass is 15.0. The van der Waals surface area contributed by atoms with Gasteiger partial charge in [-0.3, -0.25) is 0 Å². The Kier molecular flexibility index (Phi) is 6.14. The van der Waals surface area contributed by atoms with E-state index in [0.717, 1.165) is 22.3 Å². The van der Waals surface area contributed by atoms with Crippen LogP contribution >= 0.6 is 0 Å². The molecule has 0 unspecified atom stereocenters. The molecule has 9 rings (SSSR count). The predicted octanol–water partition coefficient (Wildman–Crippen LogP) is 11.2. The van der Waals surface area contributed by atoms with Crippen LogP contribution in [0.15, 0.2) is 164 Å². The van der Waals surface area contributed by atoms with Crippen LogP contribution in [0, 0.1) is 0 Å². The molecule has 0 saturated heterocycles. The van der Waals surface area contributed by atoms with E-state index in [1.165, 1.54) is 48.7 Å². The van der Waals surface area contributed by atoms with Crippen molar-refractivity contribution in [3.63, 3.8) is 0 Å². The van der Waals surface area contributed by atoms with E-state index in [1.54, 1.807) is 0 Å². The molecule has 0 fully saturated rings. The van der Waals surface area contributed by atoms with Crippen LogP contribution in [0.2, 0.25) is 0 Å². The van der Waals surface area contributed by atoms with Gasteiger partial charge in [-0.15, -0.1) is 0 Å². The molecule has 0 aliphatic rings. The minimum atomic E-state index is 0.656. The summed E-state index contributed by atoms with van der Waals surface area (Å²) in [5, 5.41) is 10.2. The monoisotopic (exact) mass is 585 g/mol. The highest BCUT2D eigenvalue weighted by Gasteiger charge is 2.13. The lowest BCUT2D eigenvalue weighted by atomic mass is 9.92. The molecule has 8 aromatic carbocycles. The molecule has 0 aliphatic carbocycles. The van der Waals surface area contributed by atoms with E-state index in [2.05, 4.69) is 103 Å². The maximum atomic E-state index is 4.89. The largest absolute Gasteiger partial charge is 0.208 e. The number of benzene rings is 8. The van der Waals surface area contributed by atoms with Crippen LogP contribution < -0.4 is 0 Å². The molecule has 0 saturated carbocycles. The molecule has 3 nitrogen and oxygen atoms in total. The van der Waals surface area contributed by atoms with Crippen molar-refractivity contribution in [3.8, 4) is 45.3 Å². The second-order valence-electron chi connectivity index (χ2n) is 11.7. The Morgan fingerprint density at radius 3 is 1.43 bits per heavy atom. The van der Waals surface area contributed by atoms with Crippen LogP contribution in [0.4, 0.5) is 0 Å². The topological polar surface area (TPSA) is 38.7 Å². The normalized spacial score (nSPS) is 11.5. The van der Waals surface area contributed by atoms with Crippen molar-refractivity contribution in [1.82, 2.24) is 15.0 Å².